The molecule has 0 bridgehead atoms. The van der Waals surface area contributed by atoms with Crippen LogP contribution in [0.1, 0.15) is 19.2 Å². The summed E-state index contributed by atoms with van der Waals surface area (Å²) >= 11 is 1.53. The van der Waals surface area contributed by atoms with Crippen LogP contribution in [0.4, 0.5) is 0 Å². The second kappa shape index (κ2) is 5.38. The molecule has 0 spiro atoms. The number of aromatic nitrogens is 4. The number of aryl methyl sites for hydroxylation is 1. The van der Waals surface area contributed by atoms with Gasteiger partial charge in [-0.05, 0) is 25.5 Å². The summed E-state index contributed by atoms with van der Waals surface area (Å²) < 4.78 is 2.02. The third-order valence-corrected chi connectivity index (χ3v) is 4.34. The fraction of sp³-hybridized carbons (Fsp3) is 0.357. The summed E-state index contributed by atoms with van der Waals surface area (Å²) in [5, 5.41) is 18.9. The van der Waals surface area contributed by atoms with E-state index in [1.807, 2.05) is 42.5 Å². The first-order valence-corrected chi connectivity index (χ1v) is 7.60. The smallest absolute Gasteiger partial charge is 0.193 e. The standard InChI is InChI=1S/C14H16N4OS/c1-3-10(19)8-20-14-13-17-16-9(2)18(13)12-7-5-4-6-11(12)15-14/h4-7,10,19H,3,8H2,1-2H3. The van der Waals surface area contributed by atoms with Crippen LogP contribution < -0.4 is 0 Å². The monoisotopic (exact) mass is 288 g/mol. The predicted octanol–water partition coefficient (Wildman–Crippen LogP) is 2.45. The van der Waals surface area contributed by atoms with E-state index in [0.717, 1.165) is 34.0 Å². The fourth-order valence-electron chi connectivity index (χ4n) is 2.09. The van der Waals surface area contributed by atoms with Crippen LogP contribution in [0.25, 0.3) is 16.7 Å². The van der Waals surface area contributed by atoms with E-state index in [1.54, 1.807) is 0 Å². The van der Waals surface area contributed by atoms with Gasteiger partial charge in [0.1, 0.15) is 10.9 Å². The Labute approximate surface area is 121 Å². The highest BCUT2D eigenvalue weighted by molar-refractivity contribution is 7.99. The third kappa shape index (κ3) is 2.25. The van der Waals surface area contributed by atoms with Crippen molar-refractivity contribution < 1.29 is 5.11 Å². The zero-order chi connectivity index (χ0) is 14.1. The van der Waals surface area contributed by atoms with Crippen molar-refractivity contribution in [2.24, 2.45) is 0 Å². The van der Waals surface area contributed by atoms with Crippen molar-refractivity contribution in [3.05, 3.63) is 30.1 Å². The number of thioether (sulfide) groups is 1. The molecule has 3 rings (SSSR count). The van der Waals surface area contributed by atoms with Gasteiger partial charge in [-0.2, -0.15) is 0 Å². The molecule has 0 aliphatic carbocycles. The molecule has 2 heterocycles. The van der Waals surface area contributed by atoms with E-state index in [4.69, 9.17) is 0 Å². The average molecular weight is 288 g/mol. The number of aliphatic hydroxyl groups excluding tert-OH is 1. The normalized spacial score (nSPS) is 13.2. The van der Waals surface area contributed by atoms with Crippen LogP contribution in [-0.2, 0) is 0 Å². The molecule has 1 unspecified atom stereocenters. The number of rotatable bonds is 4. The van der Waals surface area contributed by atoms with E-state index in [9.17, 15) is 5.11 Å². The Bertz CT molecular complexity index is 755. The van der Waals surface area contributed by atoms with E-state index in [0.29, 0.717) is 5.75 Å². The van der Waals surface area contributed by atoms with Gasteiger partial charge >= 0.3 is 0 Å². The van der Waals surface area contributed by atoms with E-state index in [-0.39, 0.29) is 6.10 Å². The molecule has 3 aromatic rings. The quantitative estimate of drug-likeness (QED) is 0.747. The SMILES string of the molecule is CCC(O)CSc1nc2ccccc2n2c(C)nnc12. The van der Waals surface area contributed by atoms with Crippen LogP contribution in [0.15, 0.2) is 29.3 Å². The third-order valence-electron chi connectivity index (χ3n) is 3.24. The van der Waals surface area contributed by atoms with Crippen molar-refractivity contribution in [1.29, 1.82) is 0 Å². The number of hydrogen-bond acceptors (Lipinski definition) is 5. The number of fused-ring (bicyclic) bond motifs is 3. The molecule has 0 fully saturated rings. The maximum absolute atomic E-state index is 9.72. The van der Waals surface area contributed by atoms with Crippen LogP contribution in [-0.4, -0.2) is 36.5 Å². The van der Waals surface area contributed by atoms with Crippen molar-refractivity contribution in [2.75, 3.05) is 5.75 Å². The van der Waals surface area contributed by atoms with Crippen LogP contribution in [0.5, 0.6) is 0 Å². The van der Waals surface area contributed by atoms with Gasteiger partial charge in [0.2, 0.25) is 0 Å². The highest BCUT2D eigenvalue weighted by Gasteiger charge is 2.14. The van der Waals surface area contributed by atoms with E-state index in [1.165, 1.54) is 11.8 Å². The van der Waals surface area contributed by atoms with Crippen LogP contribution in [0.2, 0.25) is 0 Å². The Morgan fingerprint density at radius 1 is 1.30 bits per heavy atom. The molecule has 0 radical (unpaired) electrons. The number of benzene rings is 1. The Hall–Kier alpha value is -1.66. The molecule has 0 aliphatic rings. The second-order valence-electron chi connectivity index (χ2n) is 4.68. The molecule has 1 aromatic carbocycles. The van der Waals surface area contributed by atoms with Gasteiger partial charge in [-0.15, -0.1) is 10.2 Å². The van der Waals surface area contributed by atoms with Crippen molar-refractivity contribution in [2.45, 2.75) is 31.4 Å². The lowest BCUT2D eigenvalue weighted by atomic mass is 10.3. The van der Waals surface area contributed by atoms with Crippen molar-refractivity contribution >= 4 is 28.4 Å². The van der Waals surface area contributed by atoms with E-state index >= 15 is 0 Å². The van der Waals surface area contributed by atoms with Gasteiger partial charge in [0, 0.05) is 5.75 Å². The largest absolute Gasteiger partial charge is 0.392 e. The molecule has 1 atom stereocenters. The first-order valence-electron chi connectivity index (χ1n) is 6.62. The van der Waals surface area contributed by atoms with Gasteiger partial charge in [0.05, 0.1) is 17.1 Å². The van der Waals surface area contributed by atoms with Crippen LogP contribution in [0.3, 0.4) is 0 Å². The minimum absolute atomic E-state index is 0.322. The lowest BCUT2D eigenvalue weighted by Crippen LogP contribution is -2.08. The lowest BCUT2D eigenvalue weighted by Gasteiger charge is -2.09. The Balaban J connectivity index is 2.15. The molecule has 0 amide bonds. The summed E-state index contributed by atoms with van der Waals surface area (Å²) in [5.41, 5.74) is 2.68. The fourth-order valence-corrected chi connectivity index (χ4v) is 3.10. The van der Waals surface area contributed by atoms with Crippen molar-refractivity contribution in [3.63, 3.8) is 0 Å². The molecule has 104 valence electrons. The molecule has 6 heteroatoms. The number of aliphatic hydroxyl groups is 1. The minimum atomic E-state index is -0.322. The summed E-state index contributed by atoms with van der Waals surface area (Å²) in [7, 11) is 0. The molecule has 0 saturated carbocycles. The number of hydrogen-bond donors (Lipinski definition) is 1. The summed E-state index contributed by atoms with van der Waals surface area (Å²) in [4.78, 5) is 4.65. The lowest BCUT2D eigenvalue weighted by molar-refractivity contribution is 0.195. The molecule has 1 N–H and O–H groups in total. The van der Waals surface area contributed by atoms with Crippen molar-refractivity contribution in [1.82, 2.24) is 19.6 Å². The summed E-state index contributed by atoms with van der Waals surface area (Å²) in [6.07, 6.45) is 0.417. The van der Waals surface area contributed by atoms with Gasteiger partial charge < -0.3 is 5.11 Å². The average Bonchev–Trinajstić information content (AvgIpc) is 2.87. The van der Waals surface area contributed by atoms with E-state index < -0.39 is 0 Å². The Morgan fingerprint density at radius 3 is 2.90 bits per heavy atom. The number of para-hydroxylation sites is 2. The maximum atomic E-state index is 9.72. The van der Waals surface area contributed by atoms with Crippen LogP contribution >= 0.6 is 11.8 Å². The predicted molar refractivity (Wildman–Crippen MR) is 80.0 cm³/mol. The maximum Gasteiger partial charge on any atom is 0.193 e. The zero-order valence-electron chi connectivity index (χ0n) is 11.4. The molecule has 0 aliphatic heterocycles. The second-order valence-corrected chi connectivity index (χ2v) is 5.69. The molecular formula is C14H16N4OS. The molecule has 0 saturated heterocycles. The van der Waals surface area contributed by atoms with Gasteiger partial charge in [-0.25, -0.2) is 4.98 Å². The summed E-state index contributed by atoms with van der Waals surface area (Å²) in [5.74, 6) is 1.46. The molecular weight excluding hydrogens is 272 g/mol. The van der Waals surface area contributed by atoms with Crippen molar-refractivity contribution in [3.8, 4) is 0 Å². The topological polar surface area (TPSA) is 63.3 Å². The highest BCUT2D eigenvalue weighted by Crippen LogP contribution is 2.26. The van der Waals surface area contributed by atoms with Gasteiger partial charge in [-0.1, -0.05) is 30.8 Å². The Morgan fingerprint density at radius 2 is 2.10 bits per heavy atom. The minimum Gasteiger partial charge on any atom is -0.392 e. The highest BCUT2D eigenvalue weighted by atomic mass is 32.2. The first-order chi connectivity index (χ1) is 9.70. The van der Waals surface area contributed by atoms with Crippen LogP contribution in [0, 0.1) is 6.92 Å². The van der Waals surface area contributed by atoms with Gasteiger partial charge in [0.25, 0.3) is 0 Å². The van der Waals surface area contributed by atoms with E-state index in [2.05, 4.69) is 15.2 Å². The van der Waals surface area contributed by atoms with Gasteiger partial charge in [-0.3, -0.25) is 4.40 Å². The number of nitrogens with zero attached hydrogens (tertiary/aromatic N) is 4. The summed E-state index contributed by atoms with van der Waals surface area (Å²) in [6, 6.07) is 7.95. The molecule has 20 heavy (non-hydrogen) atoms. The van der Waals surface area contributed by atoms with Gasteiger partial charge in [0.15, 0.2) is 5.65 Å². The summed E-state index contributed by atoms with van der Waals surface area (Å²) in [6.45, 7) is 3.90. The zero-order valence-corrected chi connectivity index (χ0v) is 12.3. The molecule has 5 nitrogen and oxygen atoms in total. The first kappa shape index (κ1) is 13.3. The Kier molecular flexibility index (Phi) is 3.58. The molecule has 2 aromatic heterocycles.